The third kappa shape index (κ3) is 2.47. The number of esters is 1. The molecule has 1 atom stereocenters. The normalized spacial score (nSPS) is 18.4. The van der Waals surface area contributed by atoms with Crippen LogP contribution in [0.25, 0.3) is 0 Å². The molecular formula is C13H12F2N2O3. The molecule has 0 saturated heterocycles. The van der Waals surface area contributed by atoms with Crippen molar-refractivity contribution >= 4 is 12.0 Å². The lowest BCUT2D eigenvalue weighted by molar-refractivity contribution is -0.136. The lowest BCUT2D eigenvalue weighted by atomic mass is 9.95. The molecule has 1 aromatic carbocycles. The van der Waals surface area contributed by atoms with Crippen LogP contribution in [0.5, 0.6) is 0 Å². The zero-order chi connectivity index (χ0) is 14.9. The number of rotatable bonds is 2. The van der Waals surface area contributed by atoms with E-state index in [0.29, 0.717) is 6.07 Å². The fourth-order valence-corrected chi connectivity index (χ4v) is 2.04. The van der Waals surface area contributed by atoms with Crippen LogP contribution in [-0.4, -0.2) is 19.1 Å². The number of benzene rings is 1. The Hall–Kier alpha value is -2.44. The van der Waals surface area contributed by atoms with E-state index in [0.717, 1.165) is 6.07 Å². The van der Waals surface area contributed by atoms with Crippen LogP contribution in [0.3, 0.4) is 0 Å². The summed E-state index contributed by atoms with van der Waals surface area (Å²) in [6, 6.07) is 1.31. The Labute approximate surface area is 113 Å². The number of ether oxygens (including phenoxy) is 1. The molecule has 0 radical (unpaired) electrons. The maximum absolute atomic E-state index is 13.8. The van der Waals surface area contributed by atoms with E-state index in [1.807, 2.05) is 0 Å². The molecule has 0 fully saturated rings. The first-order chi connectivity index (χ1) is 9.43. The van der Waals surface area contributed by atoms with E-state index < -0.39 is 29.7 Å². The summed E-state index contributed by atoms with van der Waals surface area (Å²) in [5.41, 5.74) is 0.313. The van der Waals surface area contributed by atoms with E-state index in [1.54, 1.807) is 0 Å². The molecule has 1 aliphatic rings. The van der Waals surface area contributed by atoms with Crippen molar-refractivity contribution in [2.24, 2.45) is 0 Å². The van der Waals surface area contributed by atoms with Gasteiger partial charge in [0.2, 0.25) is 0 Å². The summed E-state index contributed by atoms with van der Waals surface area (Å²) in [5, 5.41) is 4.82. The van der Waals surface area contributed by atoms with Gasteiger partial charge in [0.25, 0.3) is 0 Å². The maximum atomic E-state index is 13.8. The highest BCUT2D eigenvalue weighted by Crippen LogP contribution is 2.29. The highest BCUT2D eigenvalue weighted by atomic mass is 19.1. The molecule has 0 spiro atoms. The quantitative estimate of drug-likeness (QED) is 0.812. The lowest BCUT2D eigenvalue weighted by Crippen LogP contribution is -2.45. The molecule has 2 N–H and O–H groups in total. The lowest BCUT2D eigenvalue weighted by Gasteiger charge is -2.28. The van der Waals surface area contributed by atoms with Gasteiger partial charge in [-0.3, -0.25) is 0 Å². The Morgan fingerprint density at radius 3 is 2.65 bits per heavy atom. The predicted molar refractivity (Wildman–Crippen MR) is 65.5 cm³/mol. The minimum Gasteiger partial charge on any atom is -0.466 e. The topological polar surface area (TPSA) is 67.4 Å². The van der Waals surface area contributed by atoms with Gasteiger partial charge in [-0.15, -0.1) is 0 Å². The van der Waals surface area contributed by atoms with E-state index in [4.69, 9.17) is 0 Å². The predicted octanol–water partition coefficient (Wildman–Crippen LogP) is 1.77. The first-order valence-electron chi connectivity index (χ1n) is 5.75. The molecule has 20 heavy (non-hydrogen) atoms. The Morgan fingerprint density at radius 2 is 2.05 bits per heavy atom. The van der Waals surface area contributed by atoms with Crippen molar-refractivity contribution in [3.8, 4) is 0 Å². The van der Waals surface area contributed by atoms with Crippen LogP contribution in [0, 0.1) is 11.6 Å². The van der Waals surface area contributed by atoms with Gasteiger partial charge >= 0.3 is 12.0 Å². The summed E-state index contributed by atoms with van der Waals surface area (Å²) in [6.45, 7) is 1.50. The summed E-state index contributed by atoms with van der Waals surface area (Å²) in [4.78, 5) is 23.3. The Morgan fingerprint density at radius 1 is 1.35 bits per heavy atom. The summed E-state index contributed by atoms with van der Waals surface area (Å²) >= 11 is 0. The highest BCUT2D eigenvalue weighted by Gasteiger charge is 2.33. The van der Waals surface area contributed by atoms with Gasteiger partial charge in [0.15, 0.2) is 0 Å². The smallest absolute Gasteiger partial charge is 0.337 e. The van der Waals surface area contributed by atoms with Crippen LogP contribution < -0.4 is 10.6 Å². The number of methoxy groups -OCH3 is 1. The van der Waals surface area contributed by atoms with Gasteiger partial charge in [-0.05, 0) is 13.0 Å². The Balaban J connectivity index is 2.54. The van der Waals surface area contributed by atoms with Crippen molar-refractivity contribution in [1.29, 1.82) is 0 Å². The Kier molecular flexibility index (Phi) is 3.69. The van der Waals surface area contributed by atoms with Crippen molar-refractivity contribution in [3.63, 3.8) is 0 Å². The molecule has 0 saturated carbocycles. The third-order valence-corrected chi connectivity index (χ3v) is 2.95. The number of halogens is 2. The number of carbonyl (C=O) groups is 2. The first-order valence-corrected chi connectivity index (χ1v) is 5.75. The van der Waals surface area contributed by atoms with Crippen molar-refractivity contribution in [2.45, 2.75) is 13.0 Å². The number of nitrogens with one attached hydrogen (secondary N) is 2. The number of amides is 2. The summed E-state index contributed by atoms with van der Waals surface area (Å²) in [5.74, 6) is -2.30. The van der Waals surface area contributed by atoms with Crippen molar-refractivity contribution in [3.05, 3.63) is 46.7 Å². The average Bonchev–Trinajstić information content (AvgIpc) is 2.37. The molecule has 0 unspecified atom stereocenters. The van der Waals surface area contributed by atoms with Crippen molar-refractivity contribution in [2.75, 3.05) is 7.11 Å². The monoisotopic (exact) mass is 282 g/mol. The van der Waals surface area contributed by atoms with E-state index >= 15 is 0 Å². The minimum absolute atomic E-state index is 0.0130. The van der Waals surface area contributed by atoms with Gasteiger partial charge in [0.05, 0.1) is 18.7 Å². The molecule has 1 aromatic rings. The van der Waals surface area contributed by atoms with Crippen LogP contribution in [0.1, 0.15) is 18.5 Å². The molecule has 106 valence electrons. The number of hydrogen-bond acceptors (Lipinski definition) is 3. The number of carbonyl (C=O) groups excluding carboxylic acids is 2. The summed E-state index contributed by atoms with van der Waals surface area (Å²) in [7, 11) is 1.18. The molecular weight excluding hydrogens is 270 g/mol. The van der Waals surface area contributed by atoms with Crippen LogP contribution in [-0.2, 0) is 9.53 Å². The maximum Gasteiger partial charge on any atom is 0.337 e. The highest BCUT2D eigenvalue weighted by molar-refractivity contribution is 5.94. The largest absolute Gasteiger partial charge is 0.466 e. The number of hydrogen-bond donors (Lipinski definition) is 2. The molecule has 0 aromatic heterocycles. The molecule has 1 heterocycles. The number of allylic oxidation sites excluding steroid dienone is 1. The molecule has 0 bridgehead atoms. The Bertz CT molecular complexity index is 614. The fourth-order valence-electron chi connectivity index (χ4n) is 2.04. The zero-order valence-corrected chi connectivity index (χ0v) is 10.8. The van der Waals surface area contributed by atoms with E-state index in [9.17, 15) is 18.4 Å². The van der Waals surface area contributed by atoms with E-state index in [2.05, 4.69) is 15.4 Å². The van der Waals surface area contributed by atoms with Crippen LogP contribution in [0.15, 0.2) is 29.5 Å². The van der Waals surface area contributed by atoms with Gasteiger partial charge in [0.1, 0.15) is 11.6 Å². The van der Waals surface area contributed by atoms with E-state index in [1.165, 1.54) is 20.1 Å². The van der Waals surface area contributed by atoms with Crippen molar-refractivity contribution < 1.29 is 23.1 Å². The van der Waals surface area contributed by atoms with Crippen molar-refractivity contribution in [1.82, 2.24) is 10.6 Å². The second kappa shape index (κ2) is 5.28. The van der Waals surface area contributed by atoms with Gasteiger partial charge in [-0.25, -0.2) is 18.4 Å². The second-order valence-electron chi connectivity index (χ2n) is 4.23. The van der Waals surface area contributed by atoms with Gasteiger partial charge in [0, 0.05) is 17.3 Å². The van der Waals surface area contributed by atoms with Crippen LogP contribution >= 0.6 is 0 Å². The van der Waals surface area contributed by atoms with Gasteiger partial charge in [-0.1, -0.05) is 6.07 Å². The van der Waals surface area contributed by atoms with Gasteiger partial charge < -0.3 is 15.4 Å². The standard InChI is InChI=1S/C13H12F2N2O3/c1-6-10(12(18)20-2)11(17-13(19)16-6)8-4-3-7(14)5-9(8)15/h3-5,11H,1-2H3,(H2,16,17,19)/t11-/m1/s1. The molecule has 0 aliphatic carbocycles. The third-order valence-electron chi connectivity index (χ3n) is 2.95. The summed E-state index contributed by atoms with van der Waals surface area (Å²) < 4.78 is 31.4. The number of urea groups is 1. The average molecular weight is 282 g/mol. The second-order valence-corrected chi connectivity index (χ2v) is 4.23. The first kappa shape index (κ1) is 14.0. The molecule has 2 rings (SSSR count). The molecule has 7 heteroatoms. The minimum atomic E-state index is -1.03. The molecule has 1 aliphatic heterocycles. The van der Waals surface area contributed by atoms with E-state index in [-0.39, 0.29) is 16.8 Å². The fraction of sp³-hybridized carbons (Fsp3) is 0.231. The van der Waals surface area contributed by atoms with Crippen LogP contribution in [0.4, 0.5) is 13.6 Å². The van der Waals surface area contributed by atoms with Gasteiger partial charge in [-0.2, -0.15) is 0 Å². The zero-order valence-electron chi connectivity index (χ0n) is 10.8. The molecule has 2 amide bonds. The molecule has 5 nitrogen and oxygen atoms in total. The SMILES string of the molecule is COC(=O)C1=C(C)NC(=O)N[C@@H]1c1ccc(F)cc1F. The summed E-state index contributed by atoms with van der Waals surface area (Å²) in [6.07, 6.45) is 0. The van der Waals surface area contributed by atoms with Crippen LogP contribution in [0.2, 0.25) is 0 Å².